The van der Waals surface area contributed by atoms with E-state index in [1.807, 2.05) is 36.4 Å². The zero-order chi connectivity index (χ0) is 35.0. The smallest absolute Gasteiger partial charge is 0.118 e. The lowest BCUT2D eigenvalue weighted by Gasteiger charge is -2.08. The number of fused-ring (bicyclic) bond motifs is 8. The van der Waals surface area contributed by atoms with E-state index < -0.39 is 0 Å². The number of methoxy groups -OCH3 is 2. The maximum absolute atomic E-state index is 5.52. The van der Waals surface area contributed by atoms with Crippen LogP contribution < -0.4 is 9.47 Å². The summed E-state index contributed by atoms with van der Waals surface area (Å²) in [5.74, 6) is 1.59. The molecule has 6 nitrogen and oxygen atoms in total. The van der Waals surface area contributed by atoms with Gasteiger partial charge < -0.3 is 19.4 Å². The van der Waals surface area contributed by atoms with Crippen molar-refractivity contribution in [3.05, 3.63) is 156 Å². The quantitative estimate of drug-likeness (QED) is 0.184. The molecule has 9 rings (SSSR count). The van der Waals surface area contributed by atoms with Crippen LogP contribution in [-0.4, -0.2) is 34.2 Å². The summed E-state index contributed by atoms with van der Waals surface area (Å²) in [5.41, 5.74) is 15.5. The maximum atomic E-state index is 5.52. The Kier molecular flexibility index (Phi) is 7.82. The van der Waals surface area contributed by atoms with Gasteiger partial charge in [-0.25, -0.2) is 9.97 Å². The van der Waals surface area contributed by atoms with E-state index in [0.717, 1.165) is 101 Å². The van der Waals surface area contributed by atoms with Crippen molar-refractivity contribution in [3.8, 4) is 56.0 Å². The Bertz CT molecular complexity index is 2490. The van der Waals surface area contributed by atoms with E-state index in [1.54, 1.807) is 14.2 Å². The molecule has 250 valence electrons. The van der Waals surface area contributed by atoms with Crippen LogP contribution in [0.2, 0.25) is 0 Å². The summed E-state index contributed by atoms with van der Waals surface area (Å²) in [7, 11) is 3.37. The second kappa shape index (κ2) is 13.1. The Morgan fingerprint density at radius 2 is 0.635 bits per heavy atom. The van der Waals surface area contributed by atoms with Gasteiger partial charge >= 0.3 is 0 Å². The van der Waals surface area contributed by atoms with E-state index >= 15 is 0 Å². The van der Waals surface area contributed by atoms with Gasteiger partial charge in [0.15, 0.2) is 0 Å². The van der Waals surface area contributed by atoms with Crippen LogP contribution in [0.5, 0.6) is 11.5 Å². The molecule has 2 aliphatic heterocycles. The number of benzene rings is 4. The molecular weight excluding hydrogens is 641 g/mol. The average molecular weight is 675 g/mol. The molecule has 52 heavy (non-hydrogen) atoms. The molecule has 0 unspecified atom stereocenters. The molecule has 2 N–H and O–H groups in total. The van der Waals surface area contributed by atoms with Crippen molar-refractivity contribution in [1.29, 1.82) is 0 Å². The summed E-state index contributed by atoms with van der Waals surface area (Å²) in [6, 6.07) is 45.8. The highest BCUT2D eigenvalue weighted by atomic mass is 16.5. The lowest BCUT2D eigenvalue weighted by Crippen LogP contribution is -1.90. The molecule has 0 spiro atoms. The first kappa shape index (κ1) is 31.1. The number of rotatable bonds is 6. The molecule has 0 aliphatic carbocycles. The summed E-state index contributed by atoms with van der Waals surface area (Å²) in [5, 5.41) is 0. The van der Waals surface area contributed by atoms with Crippen LogP contribution in [0, 0.1) is 0 Å². The molecule has 5 heterocycles. The van der Waals surface area contributed by atoms with E-state index in [1.165, 1.54) is 0 Å². The van der Waals surface area contributed by atoms with Gasteiger partial charge in [-0.1, -0.05) is 84.9 Å². The Morgan fingerprint density at radius 1 is 0.346 bits per heavy atom. The lowest BCUT2D eigenvalue weighted by atomic mass is 10.0. The summed E-state index contributed by atoms with van der Waals surface area (Å²) in [6.07, 6.45) is 8.46. The zero-order valence-corrected chi connectivity index (χ0v) is 28.7. The minimum Gasteiger partial charge on any atom is -0.497 e. The highest BCUT2D eigenvalue weighted by Crippen LogP contribution is 2.38. The third-order valence-corrected chi connectivity index (χ3v) is 9.64. The average Bonchev–Trinajstić information content (AvgIpc) is 4.04. The molecule has 0 saturated heterocycles. The molecule has 3 aromatic heterocycles. The SMILES string of the molecule is COc1ccc(-c2c3nc(c(-c4ccccc4)c4ccc([nH]4)c(-c4ccccc4)c4nc(c(-c5ccc(OC)cc5)c5ccc2[nH]5)C=C4)C=C3)cc1. The number of nitrogens with one attached hydrogen (secondary N) is 2. The minimum absolute atomic E-state index is 0.794. The highest BCUT2D eigenvalue weighted by Gasteiger charge is 2.19. The van der Waals surface area contributed by atoms with Gasteiger partial charge in [-0.3, -0.25) is 0 Å². The number of ether oxygens (including phenoxy) is 2. The van der Waals surface area contributed by atoms with Gasteiger partial charge in [0.1, 0.15) is 11.5 Å². The van der Waals surface area contributed by atoms with Gasteiger partial charge in [0.05, 0.1) is 37.0 Å². The van der Waals surface area contributed by atoms with E-state index in [-0.39, 0.29) is 0 Å². The first-order chi connectivity index (χ1) is 25.7. The third-order valence-electron chi connectivity index (χ3n) is 9.64. The largest absolute Gasteiger partial charge is 0.497 e. The number of aromatic amines is 2. The number of hydrogen-bond donors (Lipinski definition) is 2. The molecule has 0 atom stereocenters. The van der Waals surface area contributed by atoms with Gasteiger partial charge in [-0.15, -0.1) is 0 Å². The third kappa shape index (κ3) is 5.56. The standard InChI is InChI=1S/C46H34N4O2/c1-51-33-17-13-31(14-18-33)45-39-25-23-37(48-39)43(29-9-5-3-6-10-29)35-21-22-36(47-35)44(30-11-7-4-8-12-30)38-24-26-40(49-38)46(42-28-27-41(45)50-42)32-15-19-34(52-2)20-16-32/h3-28,47,50H,1-2H3. The van der Waals surface area contributed by atoms with E-state index in [4.69, 9.17) is 19.4 Å². The Balaban J connectivity index is 1.45. The second-order valence-corrected chi connectivity index (χ2v) is 12.7. The van der Waals surface area contributed by atoms with Crippen molar-refractivity contribution >= 4 is 46.4 Å². The van der Waals surface area contributed by atoms with Crippen molar-refractivity contribution in [2.45, 2.75) is 0 Å². The van der Waals surface area contributed by atoms with Gasteiger partial charge in [-0.2, -0.15) is 0 Å². The minimum atomic E-state index is 0.794. The van der Waals surface area contributed by atoms with Gasteiger partial charge in [0.2, 0.25) is 0 Å². The van der Waals surface area contributed by atoms with Crippen molar-refractivity contribution in [1.82, 2.24) is 19.9 Å². The lowest BCUT2D eigenvalue weighted by molar-refractivity contribution is 0.415. The summed E-state index contributed by atoms with van der Waals surface area (Å²) >= 11 is 0. The monoisotopic (exact) mass is 674 g/mol. The molecule has 0 radical (unpaired) electrons. The first-order valence-corrected chi connectivity index (χ1v) is 17.2. The predicted molar refractivity (Wildman–Crippen MR) is 214 cm³/mol. The van der Waals surface area contributed by atoms with Crippen LogP contribution in [0.4, 0.5) is 0 Å². The van der Waals surface area contributed by atoms with Crippen LogP contribution in [0.15, 0.2) is 133 Å². The Labute approximate surface area is 301 Å². The summed E-state index contributed by atoms with van der Waals surface area (Å²) in [4.78, 5) is 18.3. The number of hydrogen-bond acceptors (Lipinski definition) is 4. The number of H-pyrrole nitrogens is 2. The topological polar surface area (TPSA) is 75.8 Å². The summed E-state index contributed by atoms with van der Waals surface area (Å²) < 4.78 is 11.0. The predicted octanol–water partition coefficient (Wildman–Crippen LogP) is 11.3. The maximum Gasteiger partial charge on any atom is 0.118 e. The molecule has 2 aliphatic rings. The molecule has 7 aromatic rings. The van der Waals surface area contributed by atoms with E-state index in [0.29, 0.717) is 0 Å². The van der Waals surface area contributed by atoms with Gasteiger partial charge in [0, 0.05) is 44.3 Å². The van der Waals surface area contributed by atoms with Crippen molar-refractivity contribution in [3.63, 3.8) is 0 Å². The first-order valence-electron chi connectivity index (χ1n) is 17.2. The fraction of sp³-hybridized carbons (Fsp3) is 0.0435. The van der Waals surface area contributed by atoms with E-state index in [2.05, 4.69) is 131 Å². The fourth-order valence-corrected chi connectivity index (χ4v) is 7.15. The molecule has 6 heteroatoms. The molecule has 0 saturated carbocycles. The molecular formula is C46H34N4O2. The normalized spacial score (nSPS) is 11.9. The zero-order valence-electron chi connectivity index (χ0n) is 28.7. The second-order valence-electron chi connectivity index (χ2n) is 12.7. The molecule has 0 amide bonds. The number of aromatic nitrogens is 4. The Hall–Kier alpha value is -6.92. The molecule has 4 aromatic carbocycles. The van der Waals surface area contributed by atoms with Crippen molar-refractivity contribution in [2.24, 2.45) is 0 Å². The summed E-state index contributed by atoms with van der Waals surface area (Å²) in [6.45, 7) is 0. The molecule has 0 fully saturated rings. The van der Waals surface area contributed by atoms with Crippen molar-refractivity contribution in [2.75, 3.05) is 14.2 Å². The Morgan fingerprint density at radius 3 is 0.923 bits per heavy atom. The molecule has 8 bridgehead atoms. The highest BCUT2D eigenvalue weighted by molar-refractivity contribution is 5.99. The van der Waals surface area contributed by atoms with Crippen LogP contribution in [0.25, 0.3) is 90.9 Å². The van der Waals surface area contributed by atoms with Crippen LogP contribution in [0.1, 0.15) is 22.8 Å². The van der Waals surface area contributed by atoms with Crippen molar-refractivity contribution < 1.29 is 9.47 Å². The van der Waals surface area contributed by atoms with Crippen LogP contribution in [-0.2, 0) is 0 Å². The van der Waals surface area contributed by atoms with Gasteiger partial charge in [-0.05, 0) is 95.1 Å². The van der Waals surface area contributed by atoms with E-state index in [9.17, 15) is 0 Å². The van der Waals surface area contributed by atoms with Gasteiger partial charge in [0.25, 0.3) is 0 Å². The fourth-order valence-electron chi connectivity index (χ4n) is 7.15. The van der Waals surface area contributed by atoms with Crippen LogP contribution in [0.3, 0.4) is 0 Å². The number of nitrogens with zero attached hydrogens (tertiary/aromatic N) is 2. The van der Waals surface area contributed by atoms with Crippen LogP contribution >= 0.6 is 0 Å².